The Morgan fingerprint density at radius 1 is 1.04 bits per heavy atom. The molecule has 0 aliphatic carbocycles. The second-order valence-corrected chi connectivity index (χ2v) is 6.17. The molecule has 3 rings (SSSR count). The summed E-state index contributed by atoms with van der Waals surface area (Å²) in [7, 11) is 0. The molecule has 0 spiro atoms. The van der Waals surface area contributed by atoms with E-state index in [-0.39, 0.29) is 24.8 Å². The van der Waals surface area contributed by atoms with Crippen LogP contribution in [0, 0.1) is 0 Å². The van der Waals surface area contributed by atoms with Crippen LogP contribution in [-0.2, 0) is 4.79 Å². The molecule has 1 aromatic carbocycles. The minimum absolute atomic E-state index is 0.0622. The SMILES string of the molecule is CCCNC(=O)CCNC(=O)c1cc(-c2cccnc2)nc2ccccc12. The molecular formula is C21H22N4O2. The van der Waals surface area contributed by atoms with Crippen molar-refractivity contribution in [1.29, 1.82) is 0 Å². The van der Waals surface area contributed by atoms with Crippen LogP contribution < -0.4 is 10.6 Å². The molecular weight excluding hydrogens is 340 g/mol. The standard InChI is InChI=1S/C21H22N4O2/c1-2-10-23-20(26)9-12-24-21(27)17-13-19(15-6-5-11-22-14-15)25-18-8-4-3-7-16(17)18/h3-8,11,13-14H,2,9-10,12H2,1H3,(H,23,26)(H,24,27). The summed E-state index contributed by atoms with van der Waals surface area (Å²) < 4.78 is 0. The van der Waals surface area contributed by atoms with Crippen LogP contribution in [-0.4, -0.2) is 34.9 Å². The highest BCUT2D eigenvalue weighted by Gasteiger charge is 2.14. The highest BCUT2D eigenvalue weighted by atomic mass is 16.2. The Morgan fingerprint density at radius 2 is 1.89 bits per heavy atom. The Balaban J connectivity index is 1.82. The first kappa shape index (κ1) is 18.5. The Hall–Kier alpha value is -3.28. The van der Waals surface area contributed by atoms with E-state index in [1.54, 1.807) is 18.5 Å². The lowest BCUT2D eigenvalue weighted by atomic mass is 10.0. The van der Waals surface area contributed by atoms with E-state index in [0.717, 1.165) is 22.9 Å². The quantitative estimate of drug-likeness (QED) is 0.677. The number of carbonyl (C=O) groups is 2. The van der Waals surface area contributed by atoms with E-state index in [4.69, 9.17) is 0 Å². The van der Waals surface area contributed by atoms with Crippen molar-refractivity contribution < 1.29 is 9.59 Å². The maximum Gasteiger partial charge on any atom is 0.252 e. The number of fused-ring (bicyclic) bond motifs is 1. The number of pyridine rings is 2. The highest BCUT2D eigenvalue weighted by Crippen LogP contribution is 2.24. The average Bonchev–Trinajstić information content (AvgIpc) is 2.72. The summed E-state index contributed by atoms with van der Waals surface area (Å²) in [4.78, 5) is 33.2. The van der Waals surface area contributed by atoms with Crippen molar-refractivity contribution in [2.24, 2.45) is 0 Å². The summed E-state index contributed by atoms with van der Waals surface area (Å²) in [6.45, 7) is 2.93. The van der Waals surface area contributed by atoms with E-state index >= 15 is 0 Å². The van der Waals surface area contributed by atoms with Crippen molar-refractivity contribution >= 4 is 22.7 Å². The highest BCUT2D eigenvalue weighted by molar-refractivity contribution is 6.07. The van der Waals surface area contributed by atoms with Crippen molar-refractivity contribution in [3.8, 4) is 11.3 Å². The van der Waals surface area contributed by atoms with Crippen molar-refractivity contribution in [3.63, 3.8) is 0 Å². The molecule has 0 bridgehead atoms. The van der Waals surface area contributed by atoms with Gasteiger partial charge in [-0.1, -0.05) is 25.1 Å². The summed E-state index contributed by atoms with van der Waals surface area (Å²) in [5.74, 6) is -0.283. The van der Waals surface area contributed by atoms with Crippen LogP contribution in [0.15, 0.2) is 54.9 Å². The number of para-hydroxylation sites is 1. The Bertz CT molecular complexity index is 941. The smallest absolute Gasteiger partial charge is 0.252 e. The first-order chi connectivity index (χ1) is 13.2. The van der Waals surface area contributed by atoms with E-state index < -0.39 is 0 Å². The third-order valence-corrected chi connectivity index (χ3v) is 4.13. The maximum atomic E-state index is 12.8. The third-order valence-electron chi connectivity index (χ3n) is 4.13. The molecule has 2 N–H and O–H groups in total. The largest absolute Gasteiger partial charge is 0.356 e. The number of hydrogen-bond acceptors (Lipinski definition) is 4. The van der Waals surface area contributed by atoms with Crippen LogP contribution >= 0.6 is 0 Å². The Kier molecular flexibility index (Phi) is 6.10. The minimum atomic E-state index is -0.220. The van der Waals surface area contributed by atoms with Gasteiger partial charge in [0.2, 0.25) is 5.91 Å². The molecule has 6 heteroatoms. The van der Waals surface area contributed by atoms with Gasteiger partial charge in [0.05, 0.1) is 16.8 Å². The molecule has 138 valence electrons. The van der Waals surface area contributed by atoms with Crippen molar-refractivity contribution in [2.75, 3.05) is 13.1 Å². The van der Waals surface area contributed by atoms with Gasteiger partial charge in [-0.3, -0.25) is 14.6 Å². The zero-order valence-corrected chi connectivity index (χ0v) is 15.2. The van der Waals surface area contributed by atoms with E-state index in [9.17, 15) is 9.59 Å². The number of nitrogens with zero attached hydrogens (tertiary/aromatic N) is 2. The lowest BCUT2D eigenvalue weighted by Crippen LogP contribution is -2.31. The predicted octanol–water partition coefficient (Wildman–Crippen LogP) is 2.94. The molecule has 27 heavy (non-hydrogen) atoms. The van der Waals surface area contributed by atoms with Gasteiger partial charge in [0.1, 0.15) is 0 Å². The molecule has 0 unspecified atom stereocenters. The molecule has 0 radical (unpaired) electrons. The van der Waals surface area contributed by atoms with E-state index in [1.807, 2.05) is 43.3 Å². The maximum absolute atomic E-state index is 12.8. The number of rotatable bonds is 7. The van der Waals surface area contributed by atoms with Gasteiger partial charge >= 0.3 is 0 Å². The molecule has 0 fully saturated rings. The third kappa shape index (κ3) is 4.67. The fraction of sp³-hybridized carbons (Fsp3) is 0.238. The molecule has 2 amide bonds. The van der Waals surface area contributed by atoms with Crippen LogP contribution in [0.3, 0.4) is 0 Å². The topological polar surface area (TPSA) is 84.0 Å². The summed E-state index contributed by atoms with van der Waals surface area (Å²) in [6, 6.07) is 13.0. The van der Waals surface area contributed by atoms with Gasteiger partial charge < -0.3 is 10.6 Å². The summed E-state index contributed by atoms with van der Waals surface area (Å²) in [6.07, 6.45) is 4.56. The number of nitrogens with one attached hydrogen (secondary N) is 2. The van der Waals surface area contributed by atoms with E-state index in [2.05, 4.69) is 20.6 Å². The summed E-state index contributed by atoms with van der Waals surface area (Å²) >= 11 is 0. The number of amides is 2. The average molecular weight is 362 g/mol. The second-order valence-electron chi connectivity index (χ2n) is 6.17. The van der Waals surface area contributed by atoms with Gasteiger partial charge in [0.15, 0.2) is 0 Å². The molecule has 0 aliphatic heterocycles. The molecule has 2 aromatic heterocycles. The van der Waals surface area contributed by atoms with Gasteiger partial charge in [-0.15, -0.1) is 0 Å². The van der Waals surface area contributed by atoms with Crippen LogP contribution in [0.1, 0.15) is 30.1 Å². The fourth-order valence-electron chi connectivity index (χ4n) is 2.76. The van der Waals surface area contributed by atoms with Gasteiger partial charge in [0, 0.05) is 42.9 Å². The van der Waals surface area contributed by atoms with Gasteiger partial charge in [0.25, 0.3) is 5.91 Å². The van der Waals surface area contributed by atoms with Gasteiger partial charge in [-0.05, 0) is 30.7 Å². The van der Waals surface area contributed by atoms with Crippen molar-refractivity contribution in [1.82, 2.24) is 20.6 Å². The first-order valence-corrected chi connectivity index (χ1v) is 9.04. The van der Waals surface area contributed by atoms with E-state index in [0.29, 0.717) is 17.8 Å². The molecule has 2 heterocycles. The van der Waals surface area contributed by atoms with Crippen molar-refractivity contribution in [3.05, 3.63) is 60.4 Å². The molecule has 0 saturated carbocycles. The summed E-state index contributed by atoms with van der Waals surface area (Å²) in [5.41, 5.74) is 2.81. The summed E-state index contributed by atoms with van der Waals surface area (Å²) in [5, 5.41) is 6.41. The van der Waals surface area contributed by atoms with E-state index in [1.165, 1.54) is 0 Å². The molecule has 3 aromatic rings. The van der Waals surface area contributed by atoms with Crippen LogP contribution in [0.2, 0.25) is 0 Å². The van der Waals surface area contributed by atoms with Gasteiger partial charge in [-0.2, -0.15) is 0 Å². The van der Waals surface area contributed by atoms with Crippen LogP contribution in [0.4, 0.5) is 0 Å². The number of hydrogen-bond donors (Lipinski definition) is 2. The lowest BCUT2D eigenvalue weighted by molar-refractivity contribution is -0.120. The molecule has 0 aliphatic rings. The monoisotopic (exact) mass is 362 g/mol. The zero-order chi connectivity index (χ0) is 19.1. The predicted molar refractivity (Wildman–Crippen MR) is 105 cm³/mol. The Labute approximate surface area is 158 Å². The minimum Gasteiger partial charge on any atom is -0.356 e. The molecule has 6 nitrogen and oxygen atoms in total. The lowest BCUT2D eigenvalue weighted by Gasteiger charge is -2.10. The normalized spacial score (nSPS) is 10.6. The second kappa shape index (κ2) is 8.89. The molecule has 0 saturated heterocycles. The van der Waals surface area contributed by atoms with Gasteiger partial charge in [-0.25, -0.2) is 4.98 Å². The number of aromatic nitrogens is 2. The molecule has 0 atom stereocenters. The van der Waals surface area contributed by atoms with Crippen LogP contribution in [0.25, 0.3) is 22.2 Å². The Morgan fingerprint density at radius 3 is 2.67 bits per heavy atom. The van der Waals surface area contributed by atoms with Crippen molar-refractivity contribution in [2.45, 2.75) is 19.8 Å². The number of benzene rings is 1. The first-order valence-electron chi connectivity index (χ1n) is 9.04. The fourth-order valence-corrected chi connectivity index (χ4v) is 2.76. The van der Waals surface area contributed by atoms with Crippen LogP contribution in [0.5, 0.6) is 0 Å². The zero-order valence-electron chi connectivity index (χ0n) is 15.2. The number of carbonyl (C=O) groups excluding carboxylic acids is 2.